The lowest BCUT2D eigenvalue weighted by molar-refractivity contribution is 0.566. The van der Waals surface area contributed by atoms with Crippen molar-refractivity contribution in [3.8, 4) is 0 Å². The van der Waals surface area contributed by atoms with E-state index in [2.05, 4.69) is 9.97 Å². The summed E-state index contributed by atoms with van der Waals surface area (Å²) >= 11 is 0. The van der Waals surface area contributed by atoms with E-state index >= 15 is 0 Å². The van der Waals surface area contributed by atoms with Gasteiger partial charge in [0.1, 0.15) is 0 Å². The highest BCUT2D eigenvalue weighted by Crippen LogP contribution is 2.11. The summed E-state index contributed by atoms with van der Waals surface area (Å²) in [5.74, 6) is 0.581. The number of hydrogen-bond donors (Lipinski definition) is 1. The Morgan fingerprint density at radius 3 is 2.80 bits per heavy atom. The van der Waals surface area contributed by atoms with Gasteiger partial charge in [-0.15, -0.1) is 0 Å². The van der Waals surface area contributed by atoms with Crippen LogP contribution in [0.25, 0.3) is 16.9 Å². The summed E-state index contributed by atoms with van der Waals surface area (Å²) in [5.41, 5.74) is 1.20. The molecule has 3 rings (SSSR count). The summed E-state index contributed by atoms with van der Waals surface area (Å²) in [6.45, 7) is 4.37. The van der Waals surface area contributed by atoms with Crippen LogP contribution in [0.3, 0.4) is 0 Å². The molecule has 3 heterocycles. The smallest absolute Gasteiger partial charge is 0.328 e. The highest BCUT2D eigenvalue weighted by atomic mass is 16.2. The molecule has 0 atom stereocenters. The number of aryl methyl sites for hydroxylation is 2. The molecular formula is C13H17N5O2. The van der Waals surface area contributed by atoms with Crippen molar-refractivity contribution < 1.29 is 0 Å². The fourth-order valence-electron chi connectivity index (χ4n) is 2.47. The van der Waals surface area contributed by atoms with Gasteiger partial charge in [-0.05, 0) is 13.3 Å². The van der Waals surface area contributed by atoms with Gasteiger partial charge in [-0.3, -0.25) is 18.3 Å². The average Bonchev–Trinajstić information content (AvgIpc) is 2.92. The minimum atomic E-state index is -0.312. The van der Waals surface area contributed by atoms with Crippen LogP contribution < -0.4 is 11.2 Å². The first kappa shape index (κ1) is 12.7. The van der Waals surface area contributed by atoms with E-state index in [9.17, 15) is 9.59 Å². The molecule has 0 bridgehead atoms. The van der Waals surface area contributed by atoms with Crippen LogP contribution >= 0.6 is 0 Å². The molecule has 0 fully saturated rings. The third-order valence-electron chi connectivity index (χ3n) is 3.54. The van der Waals surface area contributed by atoms with Crippen molar-refractivity contribution >= 4 is 16.9 Å². The molecule has 0 saturated heterocycles. The van der Waals surface area contributed by atoms with E-state index in [0.29, 0.717) is 23.5 Å². The van der Waals surface area contributed by atoms with Crippen LogP contribution in [0.2, 0.25) is 0 Å². The van der Waals surface area contributed by atoms with Gasteiger partial charge in [-0.1, -0.05) is 13.3 Å². The Morgan fingerprint density at radius 1 is 1.35 bits per heavy atom. The number of rotatable bonds is 3. The highest BCUT2D eigenvalue weighted by Gasteiger charge is 2.17. The number of nitrogens with one attached hydrogen (secondary N) is 1. The molecule has 3 aromatic rings. The summed E-state index contributed by atoms with van der Waals surface area (Å²) in [6, 6.07) is 0. The molecule has 0 aliphatic heterocycles. The maximum absolute atomic E-state index is 12.6. The van der Waals surface area contributed by atoms with E-state index in [4.69, 9.17) is 0 Å². The second kappa shape index (κ2) is 4.36. The molecule has 3 aromatic heterocycles. The standard InChI is InChI=1S/C13H17N5O2/c1-4-5-6-17-11(19)9-10(16(3)13(17)20)15-12-14-8(2)7-18(9)12/h7H,4-6H2,1-3H3,(H,14,15). The Balaban J connectivity index is 2.44. The van der Waals surface area contributed by atoms with Crippen molar-refractivity contribution in [1.29, 1.82) is 0 Å². The fraction of sp³-hybridized carbons (Fsp3) is 0.462. The van der Waals surface area contributed by atoms with Crippen LogP contribution in [0.15, 0.2) is 15.8 Å². The van der Waals surface area contributed by atoms with Gasteiger partial charge in [0.15, 0.2) is 11.2 Å². The Kier molecular flexibility index (Phi) is 2.77. The van der Waals surface area contributed by atoms with Gasteiger partial charge in [0, 0.05) is 25.5 Å². The first-order valence-electron chi connectivity index (χ1n) is 6.71. The number of imidazole rings is 2. The Hall–Kier alpha value is -2.31. The number of aromatic nitrogens is 5. The van der Waals surface area contributed by atoms with Crippen LogP contribution in [0.5, 0.6) is 0 Å². The minimum absolute atomic E-state index is 0.275. The normalized spacial score (nSPS) is 11.8. The monoisotopic (exact) mass is 275 g/mol. The molecule has 1 N–H and O–H groups in total. The van der Waals surface area contributed by atoms with Gasteiger partial charge in [-0.2, -0.15) is 4.98 Å². The maximum Gasteiger partial charge on any atom is 0.332 e. The third kappa shape index (κ3) is 1.62. The zero-order valence-electron chi connectivity index (χ0n) is 11.8. The molecule has 0 amide bonds. The van der Waals surface area contributed by atoms with Crippen LogP contribution in [-0.2, 0) is 13.6 Å². The molecule has 0 spiro atoms. The molecule has 0 saturated carbocycles. The second-order valence-electron chi connectivity index (χ2n) is 5.07. The van der Waals surface area contributed by atoms with Gasteiger partial charge < -0.3 is 4.98 Å². The quantitative estimate of drug-likeness (QED) is 0.767. The number of hydrogen-bond acceptors (Lipinski definition) is 3. The molecule has 7 heteroatoms. The Labute approximate surface area is 114 Å². The number of nitrogens with zero attached hydrogens (tertiary/aromatic N) is 4. The maximum atomic E-state index is 12.6. The van der Waals surface area contributed by atoms with Gasteiger partial charge in [0.05, 0.1) is 0 Å². The third-order valence-corrected chi connectivity index (χ3v) is 3.54. The molecule has 0 aromatic carbocycles. The lowest BCUT2D eigenvalue weighted by Crippen LogP contribution is -2.39. The van der Waals surface area contributed by atoms with E-state index in [1.54, 1.807) is 11.4 Å². The van der Waals surface area contributed by atoms with E-state index < -0.39 is 0 Å². The number of unbranched alkanes of at least 4 members (excludes halogenated alkanes) is 1. The molecule has 7 nitrogen and oxygen atoms in total. The fourth-order valence-corrected chi connectivity index (χ4v) is 2.47. The number of aromatic amines is 1. The van der Waals surface area contributed by atoms with E-state index in [1.165, 1.54) is 9.13 Å². The Bertz CT molecular complexity index is 909. The van der Waals surface area contributed by atoms with E-state index in [1.807, 2.05) is 20.0 Å². The summed E-state index contributed by atoms with van der Waals surface area (Å²) in [7, 11) is 1.64. The second-order valence-corrected chi connectivity index (χ2v) is 5.07. The van der Waals surface area contributed by atoms with Crippen molar-refractivity contribution in [2.75, 3.05) is 0 Å². The molecule has 20 heavy (non-hydrogen) atoms. The summed E-state index contributed by atoms with van der Waals surface area (Å²) < 4.78 is 4.44. The van der Waals surface area contributed by atoms with Gasteiger partial charge in [-0.25, -0.2) is 4.79 Å². The zero-order chi connectivity index (χ0) is 14.4. The molecule has 0 radical (unpaired) electrons. The van der Waals surface area contributed by atoms with Crippen LogP contribution in [-0.4, -0.2) is 23.5 Å². The highest BCUT2D eigenvalue weighted by molar-refractivity contribution is 5.75. The molecular weight excluding hydrogens is 258 g/mol. The van der Waals surface area contributed by atoms with Crippen LogP contribution in [0, 0.1) is 6.92 Å². The molecule has 0 aliphatic carbocycles. The first-order chi connectivity index (χ1) is 9.54. The predicted molar refractivity (Wildman–Crippen MR) is 76.2 cm³/mol. The summed E-state index contributed by atoms with van der Waals surface area (Å²) in [4.78, 5) is 32.2. The van der Waals surface area contributed by atoms with Crippen molar-refractivity contribution in [1.82, 2.24) is 23.5 Å². The number of fused-ring (bicyclic) bond motifs is 3. The molecule has 106 valence electrons. The molecule has 0 unspecified atom stereocenters. The molecule has 0 aliphatic rings. The van der Waals surface area contributed by atoms with Gasteiger partial charge in [0.25, 0.3) is 5.56 Å². The van der Waals surface area contributed by atoms with Gasteiger partial charge >= 0.3 is 5.69 Å². The van der Waals surface area contributed by atoms with Crippen molar-refractivity contribution in [3.63, 3.8) is 0 Å². The zero-order valence-corrected chi connectivity index (χ0v) is 11.8. The number of H-pyrrole nitrogens is 1. The minimum Gasteiger partial charge on any atom is -0.328 e. The van der Waals surface area contributed by atoms with Crippen molar-refractivity contribution in [3.05, 3.63) is 32.7 Å². The largest absolute Gasteiger partial charge is 0.332 e. The average molecular weight is 275 g/mol. The summed E-state index contributed by atoms with van der Waals surface area (Å²) in [6.07, 6.45) is 3.55. The predicted octanol–water partition coefficient (Wildman–Crippen LogP) is 0.785. The lowest BCUT2D eigenvalue weighted by atomic mass is 10.3. The summed E-state index contributed by atoms with van der Waals surface area (Å²) in [5, 5.41) is 0. The topological polar surface area (TPSA) is 77.1 Å². The van der Waals surface area contributed by atoms with Crippen molar-refractivity contribution in [2.45, 2.75) is 33.2 Å². The van der Waals surface area contributed by atoms with E-state index in [-0.39, 0.29) is 11.2 Å². The lowest BCUT2D eigenvalue weighted by Gasteiger charge is -2.06. The van der Waals surface area contributed by atoms with Crippen molar-refractivity contribution in [2.24, 2.45) is 7.05 Å². The van der Waals surface area contributed by atoms with Crippen LogP contribution in [0.1, 0.15) is 25.5 Å². The van der Waals surface area contributed by atoms with Crippen LogP contribution in [0.4, 0.5) is 0 Å². The van der Waals surface area contributed by atoms with Gasteiger partial charge in [0.2, 0.25) is 5.78 Å². The Morgan fingerprint density at radius 2 is 2.10 bits per heavy atom. The van der Waals surface area contributed by atoms with E-state index in [0.717, 1.165) is 18.5 Å². The SMILES string of the molecule is CCCCn1c(=O)c2c(nc3[nH]c(C)cn32)n(C)c1=O. The first-order valence-corrected chi connectivity index (χ1v) is 6.71.